The van der Waals surface area contributed by atoms with Crippen molar-refractivity contribution in [1.82, 2.24) is 0 Å². The van der Waals surface area contributed by atoms with Crippen molar-refractivity contribution in [2.45, 2.75) is 19.8 Å². The van der Waals surface area contributed by atoms with Crippen molar-refractivity contribution in [3.63, 3.8) is 0 Å². The molecule has 0 radical (unpaired) electrons. The molecule has 0 bridgehead atoms. The molecule has 0 heterocycles. The Hall–Kier alpha value is -1.97. The van der Waals surface area contributed by atoms with E-state index in [4.69, 9.17) is 27.9 Å². The second-order valence-electron chi connectivity index (χ2n) is 5.20. The van der Waals surface area contributed by atoms with Crippen LogP contribution in [-0.4, -0.2) is 12.4 Å². The second kappa shape index (κ2) is 9.36. The lowest BCUT2D eigenvalue weighted by atomic mass is 10.1. The number of hydrogen-bond donors (Lipinski definition) is 1. The predicted octanol–water partition coefficient (Wildman–Crippen LogP) is 5.98. The molecule has 0 aliphatic heterocycles. The first-order valence-corrected chi connectivity index (χ1v) is 8.51. The zero-order chi connectivity index (χ0) is 17.4. The average molecular weight is 364 g/mol. The Labute approximate surface area is 152 Å². The molecule has 3 nitrogen and oxygen atoms in total. The van der Waals surface area contributed by atoms with Gasteiger partial charge >= 0.3 is 0 Å². The Bertz CT molecular complexity index is 712. The summed E-state index contributed by atoms with van der Waals surface area (Å²) in [4.78, 5) is 12.1. The summed E-state index contributed by atoms with van der Waals surface area (Å²) in [5, 5.41) is 3.94. The Morgan fingerprint density at radius 2 is 1.88 bits per heavy atom. The van der Waals surface area contributed by atoms with Crippen LogP contribution in [-0.2, 0) is 0 Å². The SMILES string of the molecule is CCCCOc1ccc(C(=O)/C=C/Nc2ccc(Cl)c(Cl)c2)cc1. The van der Waals surface area contributed by atoms with Crippen molar-refractivity contribution in [2.24, 2.45) is 0 Å². The highest BCUT2D eigenvalue weighted by molar-refractivity contribution is 6.42. The van der Waals surface area contributed by atoms with E-state index in [1.165, 1.54) is 6.08 Å². The summed E-state index contributed by atoms with van der Waals surface area (Å²) in [7, 11) is 0. The smallest absolute Gasteiger partial charge is 0.187 e. The minimum atomic E-state index is -0.0948. The number of benzene rings is 2. The van der Waals surface area contributed by atoms with Crippen LogP contribution < -0.4 is 10.1 Å². The summed E-state index contributed by atoms with van der Waals surface area (Å²) in [6, 6.07) is 12.3. The van der Waals surface area contributed by atoms with Gasteiger partial charge in [-0.3, -0.25) is 4.79 Å². The monoisotopic (exact) mass is 363 g/mol. The summed E-state index contributed by atoms with van der Waals surface area (Å²) >= 11 is 11.8. The molecular formula is C19H19Cl2NO2. The number of carbonyl (C=O) groups excluding carboxylic acids is 1. The first kappa shape index (κ1) is 18.4. The van der Waals surface area contributed by atoms with Gasteiger partial charge in [-0.15, -0.1) is 0 Å². The fourth-order valence-electron chi connectivity index (χ4n) is 1.95. The van der Waals surface area contributed by atoms with E-state index in [0.717, 1.165) is 24.3 Å². The van der Waals surface area contributed by atoms with Crippen molar-refractivity contribution < 1.29 is 9.53 Å². The maximum absolute atomic E-state index is 12.1. The fraction of sp³-hybridized carbons (Fsp3) is 0.211. The Morgan fingerprint density at radius 1 is 1.12 bits per heavy atom. The third-order valence-corrected chi connectivity index (χ3v) is 4.05. The normalized spacial score (nSPS) is 10.8. The van der Waals surface area contributed by atoms with Gasteiger partial charge in [0.2, 0.25) is 0 Å². The van der Waals surface area contributed by atoms with Gasteiger partial charge in [-0.05, 0) is 48.9 Å². The van der Waals surface area contributed by atoms with Crippen molar-refractivity contribution in [3.05, 3.63) is 70.3 Å². The number of anilines is 1. The van der Waals surface area contributed by atoms with Crippen LogP contribution in [0, 0.1) is 0 Å². The molecule has 0 spiro atoms. The number of rotatable bonds is 8. The molecule has 2 aromatic rings. The van der Waals surface area contributed by atoms with Gasteiger partial charge < -0.3 is 10.1 Å². The number of halogens is 2. The first-order valence-electron chi connectivity index (χ1n) is 7.75. The van der Waals surface area contributed by atoms with Crippen LogP contribution in [0.3, 0.4) is 0 Å². The Balaban J connectivity index is 1.90. The Kier molecular flexibility index (Phi) is 7.16. The third kappa shape index (κ3) is 5.59. The molecule has 126 valence electrons. The quantitative estimate of drug-likeness (QED) is 0.356. The summed E-state index contributed by atoms with van der Waals surface area (Å²) in [5.41, 5.74) is 1.36. The van der Waals surface area contributed by atoms with Gasteiger partial charge in [0.25, 0.3) is 0 Å². The third-order valence-electron chi connectivity index (χ3n) is 3.31. The summed E-state index contributed by atoms with van der Waals surface area (Å²) in [6.07, 6.45) is 5.15. The standard InChI is InChI=1S/C19H19Cl2NO2/c1-2-3-12-24-16-7-4-14(5-8-16)19(23)10-11-22-15-6-9-17(20)18(21)13-15/h4-11,13,22H,2-3,12H2,1H3/b11-10+. The molecule has 0 fully saturated rings. The van der Waals surface area contributed by atoms with Crippen LogP contribution in [0.5, 0.6) is 5.75 Å². The van der Waals surface area contributed by atoms with Gasteiger partial charge in [0.15, 0.2) is 5.78 Å². The molecule has 2 rings (SSSR count). The van der Waals surface area contributed by atoms with Gasteiger partial charge in [0, 0.05) is 23.5 Å². The lowest BCUT2D eigenvalue weighted by Crippen LogP contribution is -1.99. The van der Waals surface area contributed by atoms with E-state index in [1.54, 1.807) is 36.5 Å². The van der Waals surface area contributed by atoms with Crippen molar-refractivity contribution in [1.29, 1.82) is 0 Å². The van der Waals surface area contributed by atoms with Crippen molar-refractivity contribution in [3.8, 4) is 5.75 Å². The number of nitrogens with one attached hydrogen (secondary N) is 1. The number of carbonyl (C=O) groups is 1. The summed E-state index contributed by atoms with van der Waals surface area (Å²) < 4.78 is 5.58. The van der Waals surface area contributed by atoms with Crippen LogP contribution >= 0.6 is 23.2 Å². The lowest BCUT2D eigenvalue weighted by molar-refractivity contribution is 0.104. The number of ether oxygens (including phenoxy) is 1. The van der Waals surface area contributed by atoms with Crippen LogP contribution in [0.4, 0.5) is 5.69 Å². The fourth-order valence-corrected chi connectivity index (χ4v) is 2.24. The van der Waals surface area contributed by atoms with Crippen molar-refractivity contribution in [2.75, 3.05) is 11.9 Å². The summed E-state index contributed by atoms with van der Waals surface area (Å²) in [6.45, 7) is 2.81. The molecule has 0 amide bonds. The Morgan fingerprint density at radius 3 is 2.54 bits per heavy atom. The van der Waals surface area contributed by atoms with E-state index in [-0.39, 0.29) is 5.78 Å². The second-order valence-corrected chi connectivity index (χ2v) is 6.01. The number of allylic oxidation sites excluding steroid dienone is 1. The largest absolute Gasteiger partial charge is 0.494 e. The number of ketones is 1. The molecule has 0 saturated heterocycles. The topological polar surface area (TPSA) is 38.3 Å². The van der Waals surface area contributed by atoms with Gasteiger partial charge in [-0.25, -0.2) is 0 Å². The van der Waals surface area contributed by atoms with E-state index in [0.29, 0.717) is 22.2 Å². The van der Waals surface area contributed by atoms with E-state index in [1.807, 2.05) is 12.1 Å². The molecule has 2 aromatic carbocycles. The molecule has 0 aliphatic rings. The average Bonchev–Trinajstić information content (AvgIpc) is 2.59. The highest BCUT2D eigenvalue weighted by Crippen LogP contribution is 2.25. The van der Waals surface area contributed by atoms with Crippen LogP contribution in [0.2, 0.25) is 10.0 Å². The van der Waals surface area contributed by atoms with Gasteiger partial charge in [0.1, 0.15) is 5.75 Å². The van der Waals surface area contributed by atoms with E-state index in [2.05, 4.69) is 12.2 Å². The van der Waals surface area contributed by atoms with Crippen LogP contribution in [0.25, 0.3) is 0 Å². The lowest BCUT2D eigenvalue weighted by Gasteiger charge is -2.05. The molecular weight excluding hydrogens is 345 g/mol. The minimum absolute atomic E-state index is 0.0948. The zero-order valence-electron chi connectivity index (χ0n) is 13.4. The molecule has 0 unspecified atom stereocenters. The highest BCUT2D eigenvalue weighted by Gasteiger charge is 2.02. The van der Waals surface area contributed by atoms with Crippen LogP contribution in [0.15, 0.2) is 54.7 Å². The number of unbranched alkanes of at least 4 members (excludes halogenated alkanes) is 1. The molecule has 5 heteroatoms. The number of hydrogen-bond acceptors (Lipinski definition) is 3. The molecule has 1 N–H and O–H groups in total. The zero-order valence-corrected chi connectivity index (χ0v) is 14.9. The molecule has 0 atom stereocenters. The van der Waals surface area contributed by atoms with Gasteiger partial charge in [-0.1, -0.05) is 36.5 Å². The van der Waals surface area contributed by atoms with Gasteiger partial charge in [0.05, 0.1) is 16.7 Å². The van der Waals surface area contributed by atoms with E-state index in [9.17, 15) is 4.79 Å². The van der Waals surface area contributed by atoms with Gasteiger partial charge in [-0.2, -0.15) is 0 Å². The molecule has 0 saturated carbocycles. The maximum atomic E-state index is 12.1. The predicted molar refractivity (Wildman–Crippen MR) is 100 cm³/mol. The van der Waals surface area contributed by atoms with E-state index >= 15 is 0 Å². The molecule has 0 aliphatic carbocycles. The maximum Gasteiger partial charge on any atom is 0.187 e. The minimum Gasteiger partial charge on any atom is -0.494 e. The first-order chi connectivity index (χ1) is 11.6. The highest BCUT2D eigenvalue weighted by atomic mass is 35.5. The van der Waals surface area contributed by atoms with E-state index < -0.39 is 0 Å². The summed E-state index contributed by atoms with van der Waals surface area (Å²) in [5.74, 6) is 0.681. The van der Waals surface area contributed by atoms with Crippen molar-refractivity contribution >= 4 is 34.7 Å². The van der Waals surface area contributed by atoms with Crippen LogP contribution in [0.1, 0.15) is 30.1 Å². The molecule has 0 aromatic heterocycles. The molecule has 24 heavy (non-hydrogen) atoms.